The van der Waals surface area contributed by atoms with E-state index in [1.165, 1.54) is 36.6 Å². The van der Waals surface area contributed by atoms with Crippen molar-refractivity contribution in [3.63, 3.8) is 0 Å². The minimum absolute atomic E-state index is 0.408. The lowest BCUT2D eigenvalue weighted by Crippen LogP contribution is -2.26. The molecule has 0 radical (unpaired) electrons. The Labute approximate surface area is 125 Å². The Morgan fingerprint density at radius 2 is 2.00 bits per heavy atom. The number of hydrogen-bond acceptors (Lipinski definition) is 2. The van der Waals surface area contributed by atoms with E-state index in [9.17, 15) is 0 Å². The summed E-state index contributed by atoms with van der Waals surface area (Å²) in [7, 11) is 2.01. The first-order valence-corrected chi connectivity index (χ1v) is 7.93. The number of aryl methyl sites for hydroxylation is 1. The van der Waals surface area contributed by atoms with Crippen molar-refractivity contribution in [3.05, 3.63) is 30.0 Å². The number of para-hydroxylation sites is 1. The van der Waals surface area contributed by atoms with Crippen LogP contribution < -0.4 is 5.32 Å². The van der Waals surface area contributed by atoms with Crippen molar-refractivity contribution >= 4 is 22.5 Å². The third-order valence-corrected chi connectivity index (χ3v) is 4.77. The third kappa shape index (κ3) is 2.99. The standard InChI is InChI=1S/C16H22ClN3/c1-20-16-5-3-2-4-14(16)15(19-20)11-18-10-12-6-8-13(17)9-7-12/h2-5,12-13,18H,6-11H2,1H3. The molecule has 3 rings (SSSR count). The van der Waals surface area contributed by atoms with Crippen LogP contribution in [0.1, 0.15) is 31.4 Å². The van der Waals surface area contributed by atoms with E-state index in [0.29, 0.717) is 5.38 Å². The number of rotatable bonds is 4. The van der Waals surface area contributed by atoms with Crippen LogP contribution in [-0.4, -0.2) is 21.7 Å². The van der Waals surface area contributed by atoms with Gasteiger partial charge in [-0.1, -0.05) is 18.2 Å². The van der Waals surface area contributed by atoms with Gasteiger partial charge in [0.05, 0.1) is 11.2 Å². The first-order valence-electron chi connectivity index (χ1n) is 7.49. The van der Waals surface area contributed by atoms with Crippen molar-refractivity contribution in [2.75, 3.05) is 6.54 Å². The summed E-state index contributed by atoms with van der Waals surface area (Å²) in [5.41, 5.74) is 2.35. The largest absolute Gasteiger partial charge is 0.311 e. The maximum atomic E-state index is 6.15. The van der Waals surface area contributed by atoms with Gasteiger partial charge in [0.25, 0.3) is 0 Å². The second-order valence-corrected chi connectivity index (χ2v) is 6.45. The molecule has 1 aliphatic rings. The highest BCUT2D eigenvalue weighted by molar-refractivity contribution is 6.20. The van der Waals surface area contributed by atoms with Gasteiger partial charge in [-0.05, 0) is 44.2 Å². The molecule has 0 spiro atoms. The van der Waals surface area contributed by atoms with Crippen LogP contribution in [0.2, 0.25) is 0 Å². The number of aromatic nitrogens is 2. The molecule has 1 fully saturated rings. The highest BCUT2D eigenvalue weighted by Crippen LogP contribution is 2.27. The van der Waals surface area contributed by atoms with Crippen molar-refractivity contribution in [1.29, 1.82) is 0 Å². The fraction of sp³-hybridized carbons (Fsp3) is 0.562. The lowest BCUT2D eigenvalue weighted by molar-refractivity contribution is 0.345. The number of nitrogens with zero attached hydrogens (tertiary/aromatic N) is 2. The first-order chi connectivity index (χ1) is 9.74. The maximum Gasteiger partial charge on any atom is 0.0841 e. The predicted octanol–water partition coefficient (Wildman–Crippen LogP) is 3.46. The monoisotopic (exact) mass is 291 g/mol. The van der Waals surface area contributed by atoms with E-state index in [2.05, 4.69) is 34.7 Å². The van der Waals surface area contributed by atoms with Crippen LogP contribution in [-0.2, 0) is 13.6 Å². The molecule has 0 atom stereocenters. The molecule has 1 aromatic heterocycles. The molecular formula is C16H22ClN3. The smallest absolute Gasteiger partial charge is 0.0841 e. The van der Waals surface area contributed by atoms with Gasteiger partial charge in [0.15, 0.2) is 0 Å². The summed E-state index contributed by atoms with van der Waals surface area (Å²) in [6.45, 7) is 1.93. The molecule has 1 heterocycles. The summed E-state index contributed by atoms with van der Waals surface area (Å²) in [4.78, 5) is 0. The van der Waals surface area contributed by atoms with Gasteiger partial charge in [-0.3, -0.25) is 4.68 Å². The second-order valence-electron chi connectivity index (χ2n) is 5.84. The molecule has 0 saturated heterocycles. The summed E-state index contributed by atoms with van der Waals surface area (Å²) in [5, 5.41) is 9.86. The number of alkyl halides is 1. The summed E-state index contributed by atoms with van der Waals surface area (Å²) < 4.78 is 1.96. The van der Waals surface area contributed by atoms with Gasteiger partial charge in [0.2, 0.25) is 0 Å². The molecule has 0 bridgehead atoms. The first kappa shape index (κ1) is 13.9. The molecule has 1 saturated carbocycles. The summed E-state index contributed by atoms with van der Waals surface area (Å²) >= 11 is 6.15. The SMILES string of the molecule is Cn1nc(CNCC2CCC(Cl)CC2)c2ccccc21. The van der Waals surface area contributed by atoms with Crippen LogP contribution in [0.25, 0.3) is 10.9 Å². The number of benzene rings is 1. The molecule has 108 valence electrons. The van der Waals surface area contributed by atoms with Crippen molar-refractivity contribution in [2.24, 2.45) is 13.0 Å². The molecule has 1 aliphatic carbocycles. The molecule has 3 nitrogen and oxygen atoms in total. The Morgan fingerprint density at radius 1 is 1.25 bits per heavy atom. The molecular weight excluding hydrogens is 270 g/mol. The average molecular weight is 292 g/mol. The molecule has 0 unspecified atom stereocenters. The van der Waals surface area contributed by atoms with E-state index >= 15 is 0 Å². The third-order valence-electron chi connectivity index (χ3n) is 4.34. The molecule has 1 aromatic carbocycles. The lowest BCUT2D eigenvalue weighted by atomic mass is 9.89. The Morgan fingerprint density at radius 3 is 2.80 bits per heavy atom. The maximum absolute atomic E-state index is 6.15. The van der Waals surface area contributed by atoms with Crippen LogP contribution in [0.3, 0.4) is 0 Å². The van der Waals surface area contributed by atoms with Crippen LogP contribution >= 0.6 is 11.6 Å². The molecule has 0 amide bonds. The van der Waals surface area contributed by atoms with Crippen LogP contribution in [0, 0.1) is 5.92 Å². The highest BCUT2D eigenvalue weighted by Gasteiger charge is 2.19. The summed E-state index contributed by atoms with van der Waals surface area (Å²) in [6.07, 6.45) is 4.84. The van der Waals surface area contributed by atoms with Crippen molar-refractivity contribution < 1.29 is 0 Å². The van der Waals surface area contributed by atoms with E-state index in [0.717, 1.165) is 24.7 Å². The van der Waals surface area contributed by atoms with Crippen molar-refractivity contribution in [2.45, 2.75) is 37.6 Å². The van der Waals surface area contributed by atoms with Gasteiger partial charge in [-0.2, -0.15) is 5.10 Å². The Hall–Kier alpha value is -1.06. The second kappa shape index (κ2) is 6.15. The Balaban J connectivity index is 1.57. The van der Waals surface area contributed by atoms with E-state index in [1.807, 2.05) is 11.7 Å². The quantitative estimate of drug-likeness (QED) is 0.874. The van der Waals surface area contributed by atoms with Crippen LogP contribution in [0.15, 0.2) is 24.3 Å². The number of nitrogens with one attached hydrogen (secondary N) is 1. The fourth-order valence-electron chi connectivity index (χ4n) is 3.14. The fourth-order valence-corrected chi connectivity index (χ4v) is 3.39. The van der Waals surface area contributed by atoms with Gasteiger partial charge in [-0.15, -0.1) is 11.6 Å². The molecule has 4 heteroatoms. The van der Waals surface area contributed by atoms with Gasteiger partial charge < -0.3 is 5.32 Å². The Bertz CT molecular complexity index is 570. The predicted molar refractivity (Wildman–Crippen MR) is 84.0 cm³/mol. The Kier molecular flexibility index (Phi) is 4.27. The molecule has 20 heavy (non-hydrogen) atoms. The zero-order chi connectivity index (χ0) is 13.9. The van der Waals surface area contributed by atoms with Crippen molar-refractivity contribution in [1.82, 2.24) is 15.1 Å². The van der Waals surface area contributed by atoms with E-state index in [-0.39, 0.29) is 0 Å². The zero-order valence-corrected chi connectivity index (χ0v) is 12.7. The van der Waals surface area contributed by atoms with E-state index in [1.54, 1.807) is 0 Å². The zero-order valence-electron chi connectivity index (χ0n) is 12.0. The number of hydrogen-bond donors (Lipinski definition) is 1. The van der Waals surface area contributed by atoms with Gasteiger partial charge >= 0.3 is 0 Å². The van der Waals surface area contributed by atoms with Gasteiger partial charge in [-0.25, -0.2) is 0 Å². The summed E-state index contributed by atoms with van der Waals surface area (Å²) in [5.74, 6) is 0.778. The average Bonchev–Trinajstić information content (AvgIpc) is 2.79. The van der Waals surface area contributed by atoms with Crippen molar-refractivity contribution in [3.8, 4) is 0 Å². The molecule has 1 N–H and O–H groups in total. The van der Waals surface area contributed by atoms with Gasteiger partial charge in [0.1, 0.15) is 0 Å². The van der Waals surface area contributed by atoms with Crippen LogP contribution in [0.4, 0.5) is 0 Å². The molecule has 2 aromatic rings. The lowest BCUT2D eigenvalue weighted by Gasteiger charge is -2.25. The van der Waals surface area contributed by atoms with E-state index < -0.39 is 0 Å². The minimum atomic E-state index is 0.408. The normalized spacial score (nSPS) is 23.3. The highest BCUT2D eigenvalue weighted by atomic mass is 35.5. The molecule has 0 aliphatic heterocycles. The topological polar surface area (TPSA) is 29.9 Å². The van der Waals surface area contributed by atoms with Crippen LogP contribution in [0.5, 0.6) is 0 Å². The minimum Gasteiger partial charge on any atom is -0.311 e. The number of fused-ring (bicyclic) bond motifs is 1. The number of halogens is 1. The van der Waals surface area contributed by atoms with E-state index in [4.69, 9.17) is 11.6 Å². The summed E-state index contributed by atoms with van der Waals surface area (Å²) in [6, 6.07) is 8.41. The van der Waals surface area contributed by atoms with Gasteiger partial charge in [0, 0.05) is 24.4 Å².